The van der Waals surface area contributed by atoms with Crippen LogP contribution in [0.25, 0.3) is 0 Å². The molecule has 0 bridgehead atoms. The van der Waals surface area contributed by atoms with Gasteiger partial charge in [-0.2, -0.15) is 0 Å². The third-order valence-corrected chi connectivity index (χ3v) is 2.77. The third kappa shape index (κ3) is 5.60. The molecule has 1 heterocycles. The van der Waals surface area contributed by atoms with Crippen LogP contribution >= 0.6 is 0 Å². The highest BCUT2D eigenvalue weighted by atomic mass is 15.1. The van der Waals surface area contributed by atoms with Gasteiger partial charge in [-0.1, -0.05) is 33.1 Å². The van der Waals surface area contributed by atoms with Crippen molar-refractivity contribution in [1.82, 2.24) is 4.57 Å². The van der Waals surface area contributed by atoms with Crippen LogP contribution in [0.5, 0.6) is 0 Å². The maximum atomic E-state index is 2.31. The van der Waals surface area contributed by atoms with E-state index in [0.29, 0.717) is 0 Å². The van der Waals surface area contributed by atoms with E-state index in [4.69, 9.17) is 0 Å². The van der Waals surface area contributed by atoms with Gasteiger partial charge in [-0.3, -0.25) is 0 Å². The second-order valence-electron chi connectivity index (χ2n) is 4.91. The lowest BCUT2D eigenvalue weighted by molar-refractivity contribution is -0.671. The van der Waals surface area contributed by atoms with Crippen molar-refractivity contribution < 1.29 is 4.57 Å². The molecule has 0 atom stereocenters. The summed E-state index contributed by atoms with van der Waals surface area (Å²) in [6.07, 6.45) is 13.3. The Kier molecular flexibility index (Phi) is 5.44. The first-order valence-corrected chi connectivity index (χ1v) is 6.19. The molecule has 1 aromatic rings. The summed E-state index contributed by atoms with van der Waals surface area (Å²) in [5, 5.41) is 0. The molecule has 0 unspecified atom stereocenters. The van der Waals surface area contributed by atoms with E-state index in [-0.39, 0.29) is 0 Å². The molecule has 0 N–H and O–H groups in total. The van der Waals surface area contributed by atoms with Gasteiger partial charge in [0.2, 0.25) is 6.33 Å². The van der Waals surface area contributed by atoms with Crippen LogP contribution in [0.15, 0.2) is 18.7 Å². The van der Waals surface area contributed by atoms with E-state index in [1.807, 2.05) is 0 Å². The van der Waals surface area contributed by atoms with E-state index in [0.717, 1.165) is 5.92 Å². The molecule has 2 nitrogen and oxygen atoms in total. The first-order chi connectivity index (χ1) is 7.18. The lowest BCUT2D eigenvalue weighted by atomic mass is 10.0. The fourth-order valence-corrected chi connectivity index (χ4v) is 1.83. The van der Waals surface area contributed by atoms with Crippen LogP contribution in [-0.2, 0) is 13.6 Å². The molecule has 0 aliphatic rings. The molecule has 0 aliphatic carbocycles. The molecule has 2 heteroatoms. The number of aryl methyl sites for hydroxylation is 2. The van der Waals surface area contributed by atoms with Crippen LogP contribution in [0.4, 0.5) is 0 Å². The third-order valence-electron chi connectivity index (χ3n) is 2.77. The number of rotatable bonds is 7. The van der Waals surface area contributed by atoms with E-state index >= 15 is 0 Å². The summed E-state index contributed by atoms with van der Waals surface area (Å²) in [4.78, 5) is 0. The lowest BCUT2D eigenvalue weighted by Crippen LogP contribution is -2.23. The first-order valence-electron chi connectivity index (χ1n) is 6.19. The zero-order valence-electron chi connectivity index (χ0n) is 10.4. The molecule has 0 saturated carbocycles. The Hall–Kier alpha value is -0.790. The number of unbranched alkanes of at least 4 members (excludes halogenated alkanes) is 3. The highest BCUT2D eigenvalue weighted by Gasteiger charge is 1.99. The molecular formula is C13H25N2+. The van der Waals surface area contributed by atoms with Crippen molar-refractivity contribution >= 4 is 0 Å². The van der Waals surface area contributed by atoms with Crippen LogP contribution in [0.1, 0.15) is 46.0 Å². The van der Waals surface area contributed by atoms with Crippen molar-refractivity contribution in [3.8, 4) is 0 Å². The van der Waals surface area contributed by atoms with Gasteiger partial charge in [0, 0.05) is 0 Å². The molecule has 15 heavy (non-hydrogen) atoms. The van der Waals surface area contributed by atoms with Gasteiger partial charge in [0.05, 0.1) is 13.6 Å². The molecule has 0 spiro atoms. The van der Waals surface area contributed by atoms with Crippen molar-refractivity contribution in [3.05, 3.63) is 18.7 Å². The summed E-state index contributed by atoms with van der Waals surface area (Å²) in [5.41, 5.74) is 0. The Bertz CT molecular complexity index is 263. The maximum Gasteiger partial charge on any atom is 0.243 e. The quantitative estimate of drug-likeness (QED) is 0.482. The molecule has 0 fully saturated rings. The Morgan fingerprint density at radius 1 is 1.13 bits per heavy atom. The summed E-state index contributed by atoms with van der Waals surface area (Å²) < 4.78 is 4.36. The number of aromatic nitrogens is 2. The Labute approximate surface area is 93.9 Å². The van der Waals surface area contributed by atoms with Crippen LogP contribution in [-0.4, -0.2) is 4.57 Å². The van der Waals surface area contributed by atoms with Crippen LogP contribution in [0, 0.1) is 5.92 Å². The number of hydrogen-bond acceptors (Lipinski definition) is 0. The van der Waals surface area contributed by atoms with Gasteiger partial charge in [-0.05, 0) is 18.8 Å². The highest BCUT2D eigenvalue weighted by Crippen LogP contribution is 2.09. The minimum absolute atomic E-state index is 0.869. The second-order valence-corrected chi connectivity index (χ2v) is 4.91. The molecule has 0 saturated heterocycles. The predicted molar refractivity (Wildman–Crippen MR) is 63.5 cm³/mol. The average Bonchev–Trinajstić information content (AvgIpc) is 2.57. The maximum absolute atomic E-state index is 2.31. The monoisotopic (exact) mass is 209 g/mol. The molecule has 0 amide bonds. The van der Waals surface area contributed by atoms with Crippen molar-refractivity contribution in [1.29, 1.82) is 0 Å². The average molecular weight is 209 g/mol. The molecular weight excluding hydrogens is 184 g/mol. The van der Waals surface area contributed by atoms with Crippen LogP contribution in [0.2, 0.25) is 0 Å². The van der Waals surface area contributed by atoms with Gasteiger partial charge in [0.1, 0.15) is 12.4 Å². The summed E-state index contributed by atoms with van der Waals surface area (Å²) in [6, 6.07) is 0. The minimum atomic E-state index is 0.869. The molecule has 0 radical (unpaired) electrons. The van der Waals surface area contributed by atoms with Gasteiger partial charge in [-0.25, -0.2) is 9.13 Å². The normalized spacial score (nSPS) is 11.2. The fraction of sp³-hybridized carbons (Fsp3) is 0.769. The van der Waals surface area contributed by atoms with Crippen LogP contribution < -0.4 is 4.57 Å². The highest BCUT2D eigenvalue weighted by molar-refractivity contribution is 4.65. The van der Waals surface area contributed by atoms with Crippen molar-refractivity contribution in [2.24, 2.45) is 13.0 Å². The first kappa shape index (κ1) is 12.3. The summed E-state index contributed by atoms with van der Waals surface area (Å²) >= 11 is 0. The summed E-state index contributed by atoms with van der Waals surface area (Å²) in [5.74, 6) is 0.869. The van der Waals surface area contributed by atoms with E-state index in [1.165, 1.54) is 38.6 Å². The molecule has 0 aliphatic heterocycles. The van der Waals surface area contributed by atoms with Gasteiger partial charge in [0.15, 0.2) is 0 Å². The van der Waals surface area contributed by atoms with Crippen LogP contribution in [0.3, 0.4) is 0 Å². The largest absolute Gasteiger partial charge is 0.243 e. The molecule has 86 valence electrons. The van der Waals surface area contributed by atoms with E-state index in [9.17, 15) is 0 Å². The number of imidazole rings is 1. The van der Waals surface area contributed by atoms with E-state index < -0.39 is 0 Å². The van der Waals surface area contributed by atoms with Gasteiger partial charge >= 0.3 is 0 Å². The number of nitrogens with zero attached hydrogens (tertiary/aromatic N) is 2. The van der Waals surface area contributed by atoms with Gasteiger partial charge in [0.25, 0.3) is 0 Å². The van der Waals surface area contributed by atoms with Crippen molar-refractivity contribution in [2.75, 3.05) is 0 Å². The van der Waals surface area contributed by atoms with Gasteiger partial charge in [-0.15, -0.1) is 0 Å². The summed E-state index contributed by atoms with van der Waals surface area (Å²) in [6.45, 7) is 5.78. The van der Waals surface area contributed by atoms with E-state index in [2.05, 4.69) is 48.8 Å². The molecule has 1 aromatic heterocycles. The minimum Gasteiger partial charge on any atom is -0.240 e. The van der Waals surface area contributed by atoms with Gasteiger partial charge < -0.3 is 0 Å². The second kappa shape index (κ2) is 6.65. The van der Waals surface area contributed by atoms with E-state index in [1.54, 1.807) is 0 Å². The number of hydrogen-bond donors (Lipinski definition) is 0. The molecule has 1 rings (SSSR count). The predicted octanol–water partition coefficient (Wildman–Crippen LogP) is 2.92. The van der Waals surface area contributed by atoms with Crippen molar-refractivity contribution in [3.63, 3.8) is 0 Å². The fourth-order valence-electron chi connectivity index (χ4n) is 1.83. The summed E-state index contributed by atoms with van der Waals surface area (Å²) in [7, 11) is 2.07. The SMILES string of the molecule is CC(C)CCCCCCn1cc[n+](C)c1. The molecule has 0 aromatic carbocycles. The zero-order valence-corrected chi connectivity index (χ0v) is 10.4. The smallest absolute Gasteiger partial charge is 0.240 e. The zero-order chi connectivity index (χ0) is 11.1. The standard InChI is InChI=1S/C13H25N2/c1-13(2)8-6-4-5-7-9-15-11-10-14(3)12-15/h10-13H,4-9H2,1-3H3/q+1. The Morgan fingerprint density at radius 2 is 1.87 bits per heavy atom. The Balaban J connectivity index is 1.98. The van der Waals surface area contributed by atoms with Crippen molar-refractivity contribution in [2.45, 2.75) is 52.5 Å². The Morgan fingerprint density at radius 3 is 2.47 bits per heavy atom. The lowest BCUT2D eigenvalue weighted by Gasteiger charge is -2.03. The topological polar surface area (TPSA) is 8.81 Å².